The van der Waals surface area contributed by atoms with Crippen LogP contribution in [0.5, 0.6) is 11.5 Å². The molecule has 0 saturated heterocycles. The highest BCUT2D eigenvalue weighted by Gasteiger charge is 2.16. The molecule has 0 bridgehead atoms. The number of carbonyl (C=O) groups is 1. The van der Waals surface area contributed by atoms with Crippen LogP contribution in [0, 0.1) is 0 Å². The molecule has 4 aromatic rings. The first-order valence-electron chi connectivity index (χ1n) is 8.55. The lowest BCUT2D eigenvalue weighted by molar-refractivity contribution is -0.115. The molecule has 3 aromatic heterocycles. The molecule has 10 nitrogen and oxygen atoms in total. The zero-order valence-electron chi connectivity index (χ0n) is 14.7. The SMILES string of the molecule is CC(=O)Nn1ccc2c(cnc3nc(-c4ccc5c(c4)OCCO5)nn32)c1=O. The maximum Gasteiger partial charge on any atom is 0.280 e. The Morgan fingerprint density at radius 3 is 2.82 bits per heavy atom. The van der Waals surface area contributed by atoms with Gasteiger partial charge in [0.1, 0.15) is 13.2 Å². The van der Waals surface area contributed by atoms with Crippen molar-refractivity contribution in [1.29, 1.82) is 0 Å². The van der Waals surface area contributed by atoms with Crippen LogP contribution in [0.3, 0.4) is 0 Å². The molecule has 0 unspecified atom stereocenters. The van der Waals surface area contributed by atoms with Gasteiger partial charge in [-0.3, -0.25) is 15.0 Å². The first-order valence-corrected chi connectivity index (χ1v) is 8.55. The molecule has 10 heteroatoms. The smallest absolute Gasteiger partial charge is 0.280 e. The van der Waals surface area contributed by atoms with Crippen molar-refractivity contribution in [1.82, 2.24) is 24.3 Å². The van der Waals surface area contributed by atoms with E-state index in [4.69, 9.17) is 9.47 Å². The van der Waals surface area contributed by atoms with Crippen molar-refractivity contribution >= 4 is 22.6 Å². The Balaban J connectivity index is 1.65. The maximum absolute atomic E-state index is 12.6. The van der Waals surface area contributed by atoms with E-state index >= 15 is 0 Å². The van der Waals surface area contributed by atoms with E-state index in [-0.39, 0.29) is 5.91 Å². The van der Waals surface area contributed by atoms with Crippen molar-refractivity contribution < 1.29 is 14.3 Å². The van der Waals surface area contributed by atoms with Crippen LogP contribution in [0.1, 0.15) is 6.92 Å². The number of fused-ring (bicyclic) bond motifs is 4. The summed E-state index contributed by atoms with van der Waals surface area (Å²) in [5.74, 6) is 1.77. The Labute approximate surface area is 157 Å². The van der Waals surface area contributed by atoms with Gasteiger partial charge >= 0.3 is 0 Å². The zero-order valence-corrected chi connectivity index (χ0v) is 14.7. The van der Waals surface area contributed by atoms with Crippen LogP contribution >= 0.6 is 0 Å². The highest BCUT2D eigenvalue weighted by atomic mass is 16.6. The van der Waals surface area contributed by atoms with Gasteiger partial charge in [-0.1, -0.05) is 0 Å². The van der Waals surface area contributed by atoms with Crippen LogP contribution in [0.15, 0.2) is 41.5 Å². The summed E-state index contributed by atoms with van der Waals surface area (Å²) in [6, 6.07) is 7.14. The summed E-state index contributed by atoms with van der Waals surface area (Å²) in [5.41, 5.74) is 3.32. The van der Waals surface area contributed by atoms with E-state index in [9.17, 15) is 9.59 Å². The lowest BCUT2D eigenvalue weighted by Crippen LogP contribution is -2.31. The summed E-state index contributed by atoms with van der Waals surface area (Å²) >= 11 is 0. The van der Waals surface area contributed by atoms with Crippen LogP contribution in [-0.2, 0) is 4.79 Å². The second-order valence-electron chi connectivity index (χ2n) is 6.22. The number of nitrogens with zero attached hydrogens (tertiary/aromatic N) is 5. The molecule has 1 N–H and O–H groups in total. The van der Waals surface area contributed by atoms with Crippen LogP contribution in [0.25, 0.3) is 28.1 Å². The first kappa shape index (κ1) is 16.2. The summed E-state index contributed by atoms with van der Waals surface area (Å²) < 4.78 is 13.8. The summed E-state index contributed by atoms with van der Waals surface area (Å²) in [6.07, 6.45) is 2.89. The third-order valence-corrected chi connectivity index (χ3v) is 4.31. The molecule has 5 rings (SSSR count). The van der Waals surface area contributed by atoms with Gasteiger partial charge in [0.2, 0.25) is 5.91 Å². The highest BCUT2D eigenvalue weighted by molar-refractivity contribution is 5.83. The Hall–Kier alpha value is -3.95. The standard InChI is InChI=1S/C18H14N6O4/c1-10(25)21-23-5-4-13-12(17(23)26)9-19-18-20-16(22-24(13)18)11-2-3-14-15(8-11)28-7-6-27-14/h2-5,8-9H,6-7H2,1H3,(H,21,25). The summed E-state index contributed by atoms with van der Waals surface area (Å²) in [4.78, 5) is 32.5. The zero-order chi connectivity index (χ0) is 19.3. The fourth-order valence-electron chi connectivity index (χ4n) is 3.08. The number of benzene rings is 1. The van der Waals surface area contributed by atoms with Crippen molar-refractivity contribution in [2.24, 2.45) is 0 Å². The molecule has 0 atom stereocenters. The molecule has 1 amide bonds. The van der Waals surface area contributed by atoms with Gasteiger partial charge in [-0.2, -0.15) is 9.50 Å². The fraction of sp³-hybridized carbons (Fsp3) is 0.167. The van der Waals surface area contributed by atoms with Crippen molar-refractivity contribution in [3.63, 3.8) is 0 Å². The average Bonchev–Trinajstić information content (AvgIpc) is 3.14. The number of hydrogen-bond acceptors (Lipinski definition) is 7. The molecule has 140 valence electrons. The third kappa shape index (κ3) is 2.54. The number of carbonyl (C=O) groups excluding carboxylic acids is 1. The molecule has 0 spiro atoms. The molecule has 1 aromatic carbocycles. The number of pyridine rings is 1. The van der Waals surface area contributed by atoms with E-state index in [2.05, 4.69) is 20.5 Å². The minimum atomic E-state index is -0.404. The van der Waals surface area contributed by atoms with E-state index < -0.39 is 5.56 Å². The second-order valence-corrected chi connectivity index (χ2v) is 6.22. The minimum absolute atomic E-state index is 0.308. The normalized spacial score (nSPS) is 13.0. The van der Waals surface area contributed by atoms with Crippen molar-refractivity contribution in [2.75, 3.05) is 18.6 Å². The number of ether oxygens (including phenoxy) is 2. The second kappa shape index (κ2) is 6.05. The van der Waals surface area contributed by atoms with E-state index in [0.717, 1.165) is 10.2 Å². The molecular weight excluding hydrogens is 364 g/mol. The minimum Gasteiger partial charge on any atom is -0.486 e. The predicted molar refractivity (Wildman–Crippen MR) is 99.0 cm³/mol. The van der Waals surface area contributed by atoms with Gasteiger partial charge in [-0.05, 0) is 24.3 Å². The van der Waals surface area contributed by atoms with E-state index in [1.165, 1.54) is 23.8 Å². The third-order valence-electron chi connectivity index (χ3n) is 4.31. The molecular formula is C18H14N6O4. The van der Waals surface area contributed by atoms with Crippen molar-refractivity contribution in [3.8, 4) is 22.9 Å². The quantitative estimate of drug-likeness (QED) is 0.553. The monoisotopic (exact) mass is 378 g/mol. The average molecular weight is 378 g/mol. The largest absolute Gasteiger partial charge is 0.486 e. The van der Waals surface area contributed by atoms with E-state index in [0.29, 0.717) is 47.2 Å². The first-order chi connectivity index (χ1) is 13.6. The van der Waals surface area contributed by atoms with Crippen molar-refractivity contribution in [2.45, 2.75) is 6.92 Å². The lowest BCUT2D eigenvalue weighted by atomic mass is 10.2. The molecule has 0 saturated carbocycles. The van der Waals surface area contributed by atoms with Gasteiger partial charge in [-0.25, -0.2) is 9.66 Å². The molecule has 0 radical (unpaired) electrons. The Bertz CT molecular complexity index is 1310. The highest BCUT2D eigenvalue weighted by Crippen LogP contribution is 2.33. The van der Waals surface area contributed by atoms with E-state index in [1.807, 2.05) is 18.2 Å². The Morgan fingerprint density at radius 2 is 2.00 bits per heavy atom. The number of hydrogen-bond donors (Lipinski definition) is 1. The number of rotatable bonds is 2. The van der Waals surface area contributed by atoms with E-state index in [1.54, 1.807) is 6.07 Å². The van der Waals surface area contributed by atoms with Crippen LogP contribution in [-0.4, -0.2) is 43.4 Å². The lowest BCUT2D eigenvalue weighted by Gasteiger charge is -2.18. The number of aromatic nitrogens is 5. The van der Waals surface area contributed by atoms with Gasteiger partial charge in [0, 0.05) is 24.9 Å². The van der Waals surface area contributed by atoms with Gasteiger partial charge in [0.05, 0.1) is 10.9 Å². The number of nitrogens with one attached hydrogen (secondary N) is 1. The molecule has 1 aliphatic rings. The van der Waals surface area contributed by atoms with Gasteiger partial charge in [-0.15, -0.1) is 5.10 Å². The summed E-state index contributed by atoms with van der Waals surface area (Å²) in [5, 5.41) is 4.81. The van der Waals surface area contributed by atoms with Crippen molar-refractivity contribution in [3.05, 3.63) is 47.0 Å². The topological polar surface area (TPSA) is 113 Å². The maximum atomic E-state index is 12.6. The van der Waals surface area contributed by atoms with Gasteiger partial charge in [0.25, 0.3) is 11.3 Å². The molecule has 28 heavy (non-hydrogen) atoms. The predicted octanol–water partition coefficient (Wildman–Crippen LogP) is 0.967. The summed E-state index contributed by atoms with van der Waals surface area (Å²) in [6.45, 7) is 2.34. The molecule has 1 aliphatic heterocycles. The van der Waals surface area contributed by atoms with Crippen LogP contribution in [0.2, 0.25) is 0 Å². The molecule has 0 aliphatic carbocycles. The number of amides is 1. The van der Waals surface area contributed by atoms with Gasteiger partial charge < -0.3 is 9.47 Å². The Morgan fingerprint density at radius 1 is 1.18 bits per heavy atom. The fourth-order valence-corrected chi connectivity index (χ4v) is 3.08. The molecule has 4 heterocycles. The van der Waals surface area contributed by atoms with Gasteiger partial charge in [0.15, 0.2) is 17.3 Å². The van der Waals surface area contributed by atoms with Crippen LogP contribution in [0.4, 0.5) is 0 Å². The molecule has 0 fully saturated rings. The Kier molecular flexibility index (Phi) is 3.51. The summed E-state index contributed by atoms with van der Waals surface area (Å²) in [7, 11) is 0. The van der Waals surface area contributed by atoms with Crippen LogP contribution < -0.4 is 20.5 Å².